The van der Waals surface area contributed by atoms with Gasteiger partial charge in [0, 0.05) is 0 Å². The molecule has 0 aliphatic heterocycles. The van der Waals surface area contributed by atoms with Crippen LogP contribution in [-0.2, 0) is 11.3 Å². The second-order valence-electron chi connectivity index (χ2n) is 6.17. The quantitative estimate of drug-likeness (QED) is 0.786. The summed E-state index contributed by atoms with van der Waals surface area (Å²) in [6.07, 6.45) is 1.41. The number of benzene rings is 2. The number of amides is 1. The summed E-state index contributed by atoms with van der Waals surface area (Å²) in [4.78, 5) is 29.2. The van der Waals surface area contributed by atoms with Gasteiger partial charge in [0.1, 0.15) is 6.54 Å². The molecule has 1 heterocycles. The van der Waals surface area contributed by atoms with E-state index >= 15 is 0 Å². The van der Waals surface area contributed by atoms with Gasteiger partial charge in [0.2, 0.25) is 5.91 Å². The molecule has 1 aromatic heterocycles. The fraction of sp³-hybridized carbons (Fsp3) is 0.200. The van der Waals surface area contributed by atoms with Crippen LogP contribution in [-0.4, -0.2) is 15.5 Å². The number of nitriles is 1. The van der Waals surface area contributed by atoms with Crippen LogP contribution in [0.4, 0.5) is 0 Å². The zero-order chi connectivity index (χ0) is 18.7. The number of fused-ring (bicyclic) bond motifs is 1. The van der Waals surface area contributed by atoms with E-state index in [1.54, 1.807) is 36.4 Å². The number of carbonyl (C=O) groups excluding carboxylic acids is 1. The van der Waals surface area contributed by atoms with E-state index in [-0.39, 0.29) is 24.1 Å². The molecule has 6 nitrogen and oxygen atoms in total. The minimum atomic E-state index is -0.280. The summed E-state index contributed by atoms with van der Waals surface area (Å²) in [6, 6.07) is 14.3. The Morgan fingerprint density at radius 1 is 1.27 bits per heavy atom. The van der Waals surface area contributed by atoms with Crippen LogP contribution in [0.15, 0.2) is 53.6 Å². The van der Waals surface area contributed by atoms with Crippen LogP contribution in [0.5, 0.6) is 0 Å². The smallest absolute Gasteiger partial charge is 0.261 e. The van der Waals surface area contributed by atoms with Gasteiger partial charge >= 0.3 is 0 Å². The van der Waals surface area contributed by atoms with Crippen molar-refractivity contribution in [2.24, 2.45) is 0 Å². The van der Waals surface area contributed by atoms with E-state index in [9.17, 15) is 9.59 Å². The van der Waals surface area contributed by atoms with Crippen LogP contribution in [0.1, 0.15) is 29.7 Å². The summed E-state index contributed by atoms with van der Waals surface area (Å²) in [5.74, 6) is -0.280. The molecule has 3 rings (SSSR count). The highest BCUT2D eigenvalue weighted by atomic mass is 16.2. The summed E-state index contributed by atoms with van der Waals surface area (Å²) in [5, 5.41) is 12.2. The topological polar surface area (TPSA) is 87.8 Å². The lowest BCUT2D eigenvalue weighted by Crippen LogP contribution is -2.34. The molecule has 3 aromatic rings. The molecule has 1 N–H and O–H groups in total. The minimum Gasteiger partial charge on any atom is -0.348 e. The number of hydrogen-bond donors (Lipinski definition) is 1. The average Bonchev–Trinajstić information content (AvgIpc) is 2.64. The molecule has 0 aliphatic rings. The third-order valence-electron chi connectivity index (χ3n) is 4.29. The normalized spacial score (nSPS) is 11.7. The Bertz CT molecular complexity index is 1060. The maximum Gasteiger partial charge on any atom is 0.261 e. The first-order valence-corrected chi connectivity index (χ1v) is 8.24. The number of para-hydroxylation sites is 1. The number of hydrogen-bond acceptors (Lipinski definition) is 4. The highest BCUT2D eigenvalue weighted by Crippen LogP contribution is 2.13. The van der Waals surface area contributed by atoms with E-state index in [1.165, 1.54) is 10.9 Å². The molecule has 0 radical (unpaired) electrons. The van der Waals surface area contributed by atoms with Crippen molar-refractivity contribution in [2.75, 3.05) is 0 Å². The van der Waals surface area contributed by atoms with Crippen molar-refractivity contribution in [3.63, 3.8) is 0 Å². The third kappa shape index (κ3) is 3.47. The predicted molar refractivity (Wildman–Crippen MR) is 98.5 cm³/mol. The molecule has 1 unspecified atom stereocenters. The predicted octanol–water partition coefficient (Wildman–Crippen LogP) is 2.45. The molecule has 130 valence electrons. The second-order valence-corrected chi connectivity index (χ2v) is 6.17. The molecule has 2 aromatic carbocycles. The zero-order valence-electron chi connectivity index (χ0n) is 14.6. The summed E-state index contributed by atoms with van der Waals surface area (Å²) in [6.45, 7) is 3.64. The highest BCUT2D eigenvalue weighted by molar-refractivity contribution is 5.81. The summed E-state index contributed by atoms with van der Waals surface area (Å²) >= 11 is 0. The number of rotatable bonds is 4. The summed E-state index contributed by atoms with van der Waals surface area (Å²) < 4.78 is 1.31. The van der Waals surface area contributed by atoms with Gasteiger partial charge in [0.25, 0.3) is 5.56 Å². The zero-order valence-corrected chi connectivity index (χ0v) is 14.6. The Morgan fingerprint density at radius 2 is 2.00 bits per heavy atom. The Kier molecular flexibility index (Phi) is 4.81. The summed E-state index contributed by atoms with van der Waals surface area (Å²) in [7, 11) is 0. The van der Waals surface area contributed by atoms with Crippen molar-refractivity contribution in [1.82, 2.24) is 14.9 Å². The van der Waals surface area contributed by atoms with Gasteiger partial charge in [0.15, 0.2) is 0 Å². The van der Waals surface area contributed by atoms with Crippen molar-refractivity contribution < 1.29 is 4.79 Å². The van der Waals surface area contributed by atoms with Crippen molar-refractivity contribution >= 4 is 16.8 Å². The van der Waals surface area contributed by atoms with Crippen molar-refractivity contribution in [1.29, 1.82) is 5.26 Å². The number of aromatic nitrogens is 2. The van der Waals surface area contributed by atoms with Gasteiger partial charge in [0.05, 0.1) is 34.9 Å². The van der Waals surface area contributed by atoms with E-state index in [2.05, 4.69) is 16.4 Å². The average molecular weight is 346 g/mol. The van der Waals surface area contributed by atoms with Crippen LogP contribution in [0.2, 0.25) is 0 Å². The SMILES string of the molecule is Cc1cccc2c(=O)n(CC(=O)NC(C)c3ccc(C#N)cc3)cnc12. The lowest BCUT2D eigenvalue weighted by atomic mass is 10.1. The number of nitrogens with zero attached hydrogens (tertiary/aromatic N) is 3. The van der Waals surface area contributed by atoms with Gasteiger partial charge in [-0.25, -0.2) is 4.98 Å². The molecule has 0 saturated carbocycles. The standard InChI is InChI=1S/C20H18N4O2/c1-13-4-3-5-17-19(13)22-12-24(20(17)26)11-18(25)23-14(2)16-8-6-15(10-21)7-9-16/h3-9,12,14H,11H2,1-2H3,(H,23,25). The molecule has 26 heavy (non-hydrogen) atoms. The highest BCUT2D eigenvalue weighted by Gasteiger charge is 2.12. The van der Waals surface area contributed by atoms with E-state index in [4.69, 9.17) is 5.26 Å². The Hall–Kier alpha value is -3.46. The Balaban J connectivity index is 1.75. The largest absolute Gasteiger partial charge is 0.348 e. The van der Waals surface area contributed by atoms with Crippen LogP contribution in [0, 0.1) is 18.3 Å². The molecule has 1 atom stereocenters. The monoisotopic (exact) mass is 346 g/mol. The van der Waals surface area contributed by atoms with Crippen LogP contribution in [0.3, 0.4) is 0 Å². The Morgan fingerprint density at radius 3 is 2.69 bits per heavy atom. The van der Waals surface area contributed by atoms with Crippen LogP contribution in [0.25, 0.3) is 10.9 Å². The van der Waals surface area contributed by atoms with Gasteiger partial charge in [-0.05, 0) is 43.2 Å². The summed E-state index contributed by atoms with van der Waals surface area (Å²) in [5.41, 5.74) is 2.79. The van der Waals surface area contributed by atoms with Crippen LogP contribution >= 0.6 is 0 Å². The van der Waals surface area contributed by atoms with E-state index < -0.39 is 0 Å². The van der Waals surface area contributed by atoms with E-state index in [0.29, 0.717) is 16.5 Å². The molecule has 0 saturated heterocycles. The van der Waals surface area contributed by atoms with E-state index in [0.717, 1.165) is 11.1 Å². The number of aryl methyl sites for hydroxylation is 1. The fourth-order valence-electron chi connectivity index (χ4n) is 2.82. The maximum atomic E-state index is 12.6. The third-order valence-corrected chi connectivity index (χ3v) is 4.29. The Labute approximate surface area is 150 Å². The lowest BCUT2D eigenvalue weighted by molar-refractivity contribution is -0.122. The molecule has 0 fully saturated rings. The van der Waals surface area contributed by atoms with Gasteiger partial charge in [-0.3, -0.25) is 14.2 Å². The first-order chi connectivity index (χ1) is 12.5. The lowest BCUT2D eigenvalue weighted by Gasteiger charge is -2.15. The fourth-order valence-corrected chi connectivity index (χ4v) is 2.82. The number of nitrogens with one attached hydrogen (secondary N) is 1. The van der Waals surface area contributed by atoms with Crippen molar-refractivity contribution in [2.45, 2.75) is 26.4 Å². The first-order valence-electron chi connectivity index (χ1n) is 8.24. The molecular formula is C20H18N4O2. The molecule has 6 heteroatoms. The van der Waals surface area contributed by atoms with Crippen molar-refractivity contribution in [3.05, 3.63) is 75.8 Å². The molecule has 0 spiro atoms. The first kappa shape index (κ1) is 17.4. The van der Waals surface area contributed by atoms with Gasteiger partial charge in [-0.1, -0.05) is 24.3 Å². The molecular weight excluding hydrogens is 328 g/mol. The van der Waals surface area contributed by atoms with Gasteiger partial charge in [-0.2, -0.15) is 5.26 Å². The minimum absolute atomic E-state index is 0.101. The van der Waals surface area contributed by atoms with Crippen molar-refractivity contribution in [3.8, 4) is 6.07 Å². The molecule has 0 aliphatic carbocycles. The van der Waals surface area contributed by atoms with E-state index in [1.807, 2.05) is 19.9 Å². The van der Waals surface area contributed by atoms with Crippen LogP contribution < -0.4 is 10.9 Å². The van der Waals surface area contributed by atoms with Gasteiger partial charge in [-0.15, -0.1) is 0 Å². The maximum absolute atomic E-state index is 12.6. The molecule has 1 amide bonds. The van der Waals surface area contributed by atoms with Gasteiger partial charge < -0.3 is 5.32 Å². The number of carbonyl (C=O) groups is 1. The second kappa shape index (κ2) is 7.19. The molecule has 0 bridgehead atoms.